The first-order valence-electron chi connectivity index (χ1n) is 7.85. The molecule has 2 unspecified atom stereocenters. The molecule has 1 aromatic carbocycles. The summed E-state index contributed by atoms with van der Waals surface area (Å²) in [6.07, 6.45) is 5.15. The van der Waals surface area contributed by atoms with Gasteiger partial charge in [-0.1, -0.05) is 30.7 Å². The van der Waals surface area contributed by atoms with Gasteiger partial charge >= 0.3 is 0 Å². The lowest BCUT2D eigenvalue weighted by Crippen LogP contribution is -2.39. The highest BCUT2D eigenvalue weighted by atomic mass is 15.2. The molecule has 19 heavy (non-hydrogen) atoms. The van der Waals surface area contributed by atoms with Crippen LogP contribution in [0, 0.1) is 6.92 Å². The predicted molar refractivity (Wildman–Crippen MR) is 80.5 cm³/mol. The van der Waals surface area contributed by atoms with Crippen LogP contribution in [-0.4, -0.2) is 30.6 Å². The molecule has 1 saturated heterocycles. The summed E-state index contributed by atoms with van der Waals surface area (Å²) in [6, 6.07) is 8.46. The van der Waals surface area contributed by atoms with Crippen LogP contribution in [0.4, 0.5) is 0 Å². The highest BCUT2D eigenvalue weighted by molar-refractivity contribution is 5.37. The predicted octanol–water partition coefficient (Wildman–Crippen LogP) is 3.06. The van der Waals surface area contributed by atoms with Crippen LogP contribution in [0.5, 0.6) is 0 Å². The molecule has 3 rings (SSSR count). The second-order valence-electron chi connectivity index (χ2n) is 6.14. The normalized spacial score (nSPS) is 26.1. The summed E-state index contributed by atoms with van der Waals surface area (Å²) in [7, 11) is 0. The Morgan fingerprint density at radius 1 is 1.32 bits per heavy atom. The molecule has 1 N–H and O–H groups in total. The zero-order valence-electron chi connectivity index (χ0n) is 12.3. The lowest BCUT2D eigenvalue weighted by atomic mass is 10.0. The van der Waals surface area contributed by atoms with Crippen molar-refractivity contribution in [3.63, 3.8) is 0 Å². The molecule has 104 valence electrons. The van der Waals surface area contributed by atoms with Crippen LogP contribution < -0.4 is 5.32 Å². The minimum absolute atomic E-state index is 0.666. The monoisotopic (exact) mass is 258 g/mol. The Morgan fingerprint density at radius 2 is 2.21 bits per heavy atom. The van der Waals surface area contributed by atoms with Crippen molar-refractivity contribution in [3.05, 3.63) is 34.9 Å². The summed E-state index contributed by atoms with van der Waals surface area (Å²) in [4.78, 5) is 2.78. The minimum atomic E-state index is 0.666. The van der Waals surface area contributed by atoms with Gasteiger partial charge in [-0.25, -0.2) is 0 Å². The van der Waals surface area contributed by atoms with Gasteiger partial charge in [0.1, 0.15) is 0 Å². The van der Waals surface area contributed by atoms with E-state index in [2.05, 4.69) is 42.3 Å². The van der Waals surface area contributed by atoms with Crippen LogP contribution in [-0.2, 0) is 6.42 Å². The van der Waals surface area contributed by atoms with E-state index in [1.807, 2.05) is 0 Å². The fourth-order valence-corrected chi connectivity index (χ4v) is 3.82. The van der Waals surface area contributed by atoms with Crippen molar-refractivity contribution in [2.24, 2.45) is 0 Å². The van der Waals surface area contributed by atoms with E-state index in [0.717, 1.165) is 6.04 Å². The van der Waals surface area contributed by atoms with Crippen molar-refractivity contribution in [3.8, 4) is 0 Å². The molecule has 2 heteroatoms. The Morgan fingerprint density at radius 3 is 2.95 bits per heavy atom. The number of aryl methyl sites for hydroxylation is 2. The molecule has 1 aliphatic heterocycles. The van der Waals surface area contributed by atoms with Crippen LogP contribution in [0.1, 0.15) is 48.9 Å². The van der Waals surface area contributed by atoms with Crippen molar-refractivity contribution in [1.29, 1.82) is 0 Å². The number of hydrogen-bond donors (Lipinski definition) is 1. The lowest BCUT2D eigenvalue weighted by molar-refractivity contribution is 0.142. The van der Waals surface area contributed by atoms with Crippen LogP contribution in [0.2, 0.25) is 0 Å². The topological polar surface area (TPSA) is 15.3 Å². The molecule has 2 nitrogen and oxygen atoms in total. The first-order valence-corrected chi connectivity index (χ1v) is 7.85. The maximum Gasteiger partial charge on any atom is 0.0357 e. The molecular formula is C17H26N2. The zero-order valence-corrected chi connectivity index (χ0v) is 12.3. The Balaban J connectivity index is 1.86. The second kappa shape index (κ2) is 5.64. The number of fused-ring (bicyclic) bond motifs is 1. The van der Waals surface area contributed by atoms with Crippen molar-refractivity contribution >= 4 is 0 Å². The summed E-state index contributed by atoms with van der Waals surface area (Å²) >= 11 is 0. The SMILES string of the molecule is CCCN(C1CCNC1)C1CCc2ccc(C)cc21. The molecule has 2 atom stereocenters. The van der Waals surface area contributed by atoms with Gasteiger partial charge in [0, 0.05) is 18.6 Å². The summed E-state index contributed by atoms with van der Waals surface area (Å²) in [5.74, 6) is 0. The molecule has 0 spiro atoms. The van der Waals surface area contributed by atoms with E-state index in [1.54, 1.807) is 11.1 Å². The fraction of sp³-hybridized carbons (Fsp3) is 0.647. The van der Waals surface area contributed by atoms with Crippen molar-refractivity contribution in [2.45, 2.75) is 51.6 Å². The third kappa shape index (κ3) is 2.56. The van der Waals surface area contributed by atoms with Gasteiger partial charge in [0.25, 0.3) is 0 Å². The molecule has 0 bridgehead atoms. The van der Waals surface area contributed by atoms with E-state index in [0.29, 0.717) is 6.04 Å². The second-order valence-corrected chi connectivity index (χ2v) is 6.14. The third-order valence-electron chi connectivity index (χ3n) is 4.73. The van der Waals surface area contributed by atoms with E-state index in [9.17, 15) is 0 Å². The van der Waals surface area contributed by atoms with Gasteiger partial charge in [0.15, 0.2) is 0 Å². The molecule has 2 aliphatic rings. The fourth-order valence-electron chi connectivity index (χ4n) is 3.82. The van der Waals surface area contributed by atoms with E-state index in [4.69, 9.17) is 0 Å². The molecule has 0 aromatic heterocycles. The molecular weight excluding hydrogens is 232 g/mol. The van der Waals surface area contributed by atoms with Crippen molar-refractivity contribution in [2.75, 3.05) is 19.6 Å². The highest BCUT2D eigenvalue weighted by Crippen LogP contribution is 2.38. The maximum absolute atomic E-state index is 3.53. The summed E-state index contributed by atoms with van der Waals surface area (Å²) in [5, 5.41) is 3.53. The van der Waals surface area contributed by atoms with Crippen LogP contribution >= 0.6 is 0 Å². The van der Waals surface area contributed by atoms with Gasteiger partial charge in [-0.15, -0.1) is 0 Å². The standard InChI is InChI=1S/C17H26N2/c1-3-10-19(15-8-9-18-12-15)17-7-6-14-5-4-13(2)11-16(14)17/h4-5,11,15,17-18H,3,6-10,12H2,1-2H3. The first kappa shape index (κ1) is 13.1. The Hall–Kier alpha value is -0.860. The van der Waals surface area contributed by atoms with E-state index >= 15 is 0 Å². The van der Waals surface area contributed by atoms with Gasteiger partial charge in [-0.05, 0) is 56.8 Å². The number of benzene rings is 1. The highest BCUT2D eigenvalue weighted by Gasteiger charge is 2.32. The summed E-state index contributed by atoms with van der Waals surface area (Å²) in [6.45, 7) is 8.14. The van der Waals surface area contributed by atoms with Crippen LogP contribution in [0.3, 0.4) is 0 Å². The number of nitrogens with one attached hydrogen (secondary N) is 1. The maximum atomic E-state index is 3.53. The first-order chi connectivity index (χ1) is 9.29. The summed E-state index contributed by atoms with van der Waals surface area (Å²) in [5.41, 5.74) is 4.61. The van der Waals surface area contributed by atoms with Gasteiger partial charge in [-0.3, -0.25) is 4.90 Å². The lowest BCUT2D eigenvalue weighted by Gasteiger charge is -2.34. The molecule has 1 aliphatic carbocycles. The molecule has 1 fully saturated rings. The van der Waals surface area contributed by atoms with Crippen molar-refractivity contribution < 1.29 is 0 Å². The van der Waals surface area contributed by atoms with Crippen molar-refractivity contribution in [1.82, 2.24) is 10.2 Å². The number of rotatable bonds is 4. The average molecular weight is 258 g/mol. The molecule has 0 saturated carbocycles. The number of hydrogen-bond acceptors (Lipinski definition) is 2. The van der Waals surface area contributed by atoms with Crippen LogP contribution in [0.25, 0.3) is 0 Å². The zero-order chi connectivity index (χ0) is 13.2. The Bertz CT molecular complexity index is 435. The van der Waals surface area contributed by atoms with Gasteiger partial charge in [0.05, 0.1) is 0 Å². The largest absolute Gasteiger partial charge is 0.315 e. The minimum Gasteiger partial charge on any atom is -0.315 e. The summed E-state index contributed by atoms with van der Waals surface area (Å²) < 4.78 is 0. The average Bonchev–Trinajstić information content (AvgIpc) is 3.05. The van der Waals surface area contributed by atoms with Gasteiger partial charge in [0.2, 0.25) is 0 Å². The van der Waals surface area contributed by atoms with Gasteiger partial charge in [-0.2, -0.15) is 0 Å². The van der Waals surface area contributed by atoms with Crippen LogP contribution in [0.15, 0.2) is 18.2 Å². The van der Waals surface area contributed by atoms with E-state index in [-0.39, 0.29) is 0 Å². The number of nitrogens with zero attached hydrogens (tertiary/aromatic N) is 1. The Kier molecular flexibility index (Phi) is 3.90. The molecule has 0 radical (unpaired) electrons. The Labute approximate surface area is 117 Å². The van der Waals surface area contributed by atoms with E-state index < -0.39 is 0 Å². The third-order valence-corrected chi connectivity index (χ3v) is 4.73. The van der Waals surface area contributed by atoms with Gasteiger partial charge < -0.3 is 5.32 Å². The smallest absolute Gasteiger partial charge is 0.0357 e. The molecule has 0 amide bonds. The molecule has 1 aromatic rings. The van der Waals surface area contributed by atoms with E-state index in [1.165, 1.54) is 50.9 Å². The molecule has 1 heterocycles. The quantitative estimate of drug-likeness (QED) is 0.893.